The van der Waals surface area contributed by atoms with Gasteiger partial charge in [-0.1, -0.05) is 18.2 Å². The Bertz CT molecular complexity index is 818. The van der Waals surface area contributed by atoms with Crippen molar-refractivity contribution in [3.8, 4) is 0 Å². The van der Waals surface area contributed by atoms with E-state index in [9.17, 15) is 14.0 Å². The molecule has 3 amide bonds. The van der Waals surface area contributed by atoms with Crippen LogP contribution in [0.4, 0.5) is 14.9 Å². The molecule has 0 saturated carbocycles. The number of nitrogens with zero attached hydrogens (tertiary/aromatic N) is 2. The van der Waals surface area contributed by atoms with Crippen molar-refractivity contribution >= 4 is 24.0 Å². The molecule has 0 aliphatic carbocycles. The Morgan fingerprint density at radius 2 is 1.75 bits per heavy atom. The molecule has 28 heavy (non-hydrogen) atoms. The van der Waals surface area contributed by atoms with E-state index in [1.54, 1.807) is 29.2 Å². The monoisotopic (exact) mass is 382 g/mol. The molecule has 0 radical (unpaired) electrons. The molecule has 2 aromatic rings. The topological polar surface area (TPSA) is 76.5 Å². The van der Waals surface area contributed by atoms with Crippen LogP contribution in [0.25, 0.3) is 0 Å². The van der Waals surface area contributed by atoms with Gasteiger partial charge in [0.2, 0.25) is 0 Å². The molecular weight excluding hydrogens is 359 g/mol. The van der Waals surface area contributed by atoms with Crippen LogP contribution in [-0.2, 0) is 0 Å². The first kappa shape index (κ1) is 19.5. The molecule has 0 spiro atoms. The van der Waals surface area contributed by atoms with Gasteiger partial charge in [-0.3, -0.25) is 15.1 Å². The van der Waals surface area contributed by atoms with Gasteiger partial charge in [0.15, 0.2) is 0 Å². The van der Waals surface area contributed by atoms with E-state index in [0.717, 1.165) is 19.2 Å². The Hall–Kier alpha value is -3.22. The smallest absolute Gasteiger partial charge is 0.321 e. The molecule has 2 aromatic carbocycles. The van der Waals surface area contributed by atoms with Crippen LogP contribution in [0.3, 0.4) is 0 Å². The number of nitrogens with one attached hydrogen (secondary N) is 2. The minimum Gasteiger partial charge on any atom is -0.325 e. The molecule has 3 rings (SSSR count). The molecular formula is C21H23FN4O2. The highest BCUT2D eigenvalue weighted by atomic mass is 19.1. The number of benzene rings is 2. The van der Waals surface area contributed by atoms with Gasteiger partial charge in [0.25, 0.3) is 5.91 Å². The minimum atomic E-state index is -0.348. The summed E-state index contributed by atoms with van der Waals surface area (Å²) >= 11 is 0. The van der Waals surface area contributed by atoms with E-state index in [4.69, 9.17) is 5.41 Å². The molecule has 1 aliphatic heterocycles. The minimum absolute atomic E-state index is 0.188. The molecule has 1 saturated heterocycles. The van der Waals surface area contributed by atoms with Crippen molar-refractivity contribution in [2.75, 3.05) is 25.0 Å². The molecule has 0 unspecified atom stereocenters. The van der Waals surface area contributed by atoms with Crippen LogP contribution in [0, 0.1) is 17.1 Å². The zero-order valence-electron chi connectivity index (χ0n) is 15.5. The normalized spacial score (nSPS) is 14.4. The summed E-state index contributed by atoms with van der Waals surface area (Å²) in [5.41, 5.74) is 1.11. The summed E-state index contributed by atoms with van der Waals surface area (Å²) < 4.78 is 13.0. The van der Waals surface area contributed by atoms with Gasteiger partial charge < -0.3 is 10.2 Å². The summed E-state index contributed by atoms with van der Waals surface area (Å²) in [6.45, 7) is 1.61. The van der Waals surface area contributed by atoms with Crippen LogP contribution in [-0.4, -0.2) is 47.7 Å². The summed E-state index contributed by atoms with van der Waals surface area (Å²) in [4.78, 5) is 28.0. The van der Waals surface area contributed by atoms with Crippen LogP contribution < -0.4 is 5.32 Å². The SMILES string of the molecule is N=CN(CC1CCN(C(=O)Nc2ccc(F)cc2)CC1)C(=O)c1ccccc1. The Kier molecular flexibility index (Phi) is 6.37. The zero-order valence-corrected chi connectivity index (χ0v) is 15.5. The average Bonchev–Trinajstić information content (AvgIpc) is 2.74. The van der Waals surface area contributed by atoms with E-state index in [0.29, 0.717) is 30.9 Å². The van der Waals surface area contributed by atoms with Gasteiger partial charge in [-0.25, -0.2) is 9.18 Å². The number of carbonyl (C=O) groups is 2. The van der Waals surface area contributed by atoms with E-state index in [2.05, 4.69) is 5.32 Å². The molecule has 0 atom stereocenters. The average molecular weight is 382 g/mol. The predicted molar refractivity (Wildman–Crippen MR) is 106 cm³/mol. The number of urea groups is 1. The van der Waals surface area contributed by atoms with Crippen molar-refractivity contribution in [3.63, 3.8) is 0 Å². The second-order valence-electron chi connectivity index (χ2n) is 6.82. The lowest BCUT2D eigenvalue weighted by Gasteiger charge is -2.33. The number of likely N-dealkylation sites (tertiary alicyclic amines) is 1. The van der Waals surface area contributed by atoms with Crippen LogP contribution >= 0.6 is 0 Å². The standard InChI is InChI=1S/C21H23FN4O2/c22-18-6-8-19(9-7-18)24-21(28)25-12-10-16(11-13-25)14-26(15-23)20(27)17-4-2-1-3-5-17/h1-9,15-16,23H,10-14H2,(H,24,28). The van der Waals surface area contributed by atoms with Gasteiger partial charge in [0.05, 0.1) is 6.34 Å². The van der Waals surface area contributed by atoms with Crippen molar-refractivity contribution in [1.29, 1.82) is 5.41 Å². The summed E-state index contributed by atoms with van der Waals surface area (Å²) in [7, 11) is 0. The molecule has 1 aliphatic rings. The van der Waals surface area contributed by atoms with Crippen molar-refractivity contribution < 1.29 is 14.0 Å². The molecule has 1 heterocycles. The van der Waals surface area contributed by atoms with Gasteiger partial charge >= 0.3 is 6.03 Å². The van der Waals surface area contributed by atoms with E-state index in [-0.39, 0.29) is 23.7 Å². The Morgan fingerprint density at radius 1 is 1.11 bits per heavy atom. The van der Waals surface area contributed by atoms with Gasteiger partial charge in [0, 0.05) is 30.9 Å². The molecule has 2 N–H and O–H groups in total. The maximum atomic E-state index is 13.0. The predicted octanol–water partition coefficient (Wildman–Crippen LogP) is 3.82. The summed E-state index contributed by atoms with van der Waals surface area (Å²) in [5.74, 6) is -0.309. The quantitative estimate of drug-likeness (QED) is 0.609. The second kappa shape index (κ2) is 9.12. The molecule has 1 fully saturated rings. The van der Waals surface area contributed by atoms with Gasteiger partial charge in [-0.2, -0.15) is 0 Å². The third-order valence-corrected chi connectivity index (χ3v) is 4.89. The fourth-order valence-electron chi connectivity index (χ4n) is 3.27. The molecule has 0 aromatic heterocycles. The van der Waals surface area contributed by atoms with Crippen molar-refractivity contribution in [1.82, 2.24) is 9.80 Å². The summed E-state index contributed by atoms with van der Waals surface area (Å²) in [6.07, 6.45) is 2.58. The molecule has 7 heteroatoms. The maximum absolute atomic E-state index is 13.0. The first-order valence-electron chi connectivity index (χ1n) is 9.25. The number of hydrogen-bond acceptors (Lipinski definition) is 3. The number of anilines is 1. The number of carbonyl (C=O) groups excluding carboxylic acids is 2. The lowest BCUT2D eigenvalue weighted by molar-refractivity contribution is 0.0817. The highest BCUT2D eigenvalue weighted by Crippen LogP contribution is 2.20. The van der Waals surface area contributed by atoms with E-state index >= 15 is 0 Å². The number of rotatable bonds is 5. The first-order valence-corrected chi connectivity index (χ1v) is 9.25. The fourth-order valence-corrected chi connectivity index (χ4v) is 3.27. The fraction of sp³-hybridized carbons (Fsp3) is 0.286. The maximum Gasteiger partial charge on any atom is 0.321 e. The zero-order chi connectivity index (χ0) is 19.9. The Labute approximate surface area is 163 Å². The third-order valence-electron chi connectivity index (χ3n) is 4.89. The number of piperidine rings is 1. The van der Waals surface area contributed by atoms with Crippen molar-refractivity contribution in [2.24, 2.45) is 5.92 Å². The van der Waals surface area contributed by atoms with E-state index in [1.165, 1.54) is 29.2 Å². The lowest BCUT2D eigenvalue weighted by atomic mass is 9.96. The van der Waals surface area contributed by atoms with Crippen molar-refractivity contribution in [3.05, 3.63) is 66.0 Å². The van der Waals surface area contributed by atoms with Gasteiger partial charge in [0.1, 0.15) is 5.82 Å². The van der Waals surface area contributed by atoms with Crippen molar-refractivity contribution in [2.45, 2.75) is 12.8 Å². The third kappa shape index (κ3) is 4.94. The molecule has 146 valence electrons. The summed E-state index contributed by atoms with van der Waals surface area (Å²) in [5, 5.41) is 10.4. The molecule has 6 nitrogen and oxygen atoms in total. The van der Waals surface area contributed by atoms with Gasteiger partial charge in [-0.05, 0) is 55.2 Å². The molecule has 0 bridgehead atoms. The highest BCUT2D eigenvalue weighted by Gasteiger charge is 2.25. The van der Waals surface area contributed by atoms with Crippen LogP contribution in [0.15, 0.2) is 54.6 Å². The lowest BCUT2D eigenvalue weighted by Crippen LogP contribution is -2.44. The van der Waals surface area contributed by atoms with Crippen LogP contribution in [0.2, 0.25) is 0 Å². The Morgan fingerprint density at radius 3 is 2.36 bits per heavy atom. The van der Waals surface area contributed by atoms with E-state index < -0.39 is 0 Å². The number of amides is 3. The first-order chi connectivity index (χ1) is 13.6. The largest absolute Gasteiger partial charge is 0.325 e. The van der Waals surface area contributed by atoms with E-state index in [1.807, 2.05) is 6.07 Å². The van der Waals surface area contributed by atoms with Crippen LogP contribution in [0.5, 0.6) is 0 Å². The number of halogens is 1. The number of hydrogen-bond donors (Lipinski definition) is 2. The Balaban J connectivity index is 1.50. The highest BCUT2D eigenvalue weighted by molar-refractivity contribution is 6.00. The van der Waals surface area contributed by atoms with Crippen LogP contribution in [0.1, 0.15) is 23.2 Å². The van der Waals surface area contributed by atoms with Gasteiger partial charge in [-0.15, -0.1) is 0 Å². The summed E-state index contributed by atoms with van der Waals surface area (Å²) in [6, 6.07) is 14.4. The second-order valence-corrected chi connectivity index (χ2v) is 6.82.